The van der Waals surface area contributed by atoms with Gasteiger partial charge in [0.1, 0.15) is 0 Å². The molecule has 0 heterocycles. The average molecular weight is 420 g/mol. The summed E-state index contributed by atoms with van der Waals surface area (Å²) in [6.07, 6.45) is -4.75. The number of thiocarbonyl (C=S) groups is 1. The molecule has 6 nitrogen and oxygen atoms in total. The van der Waals surface area contributed by atoms with Crippen molar-refractivity contribution in [3.05, 3.63) is 59.4 Å². The highest BCUT2D eigenvalue weighted by molar-refractivity contribution is 7.78. The number of rotatable bonds is 6. The Kier molecular flexibility index (Phi) is 6.72. The van der Waals surface area contributed by atoms with Crippen LogP contribution in [0.4, 0.5) is 35.9 Å². The lowest BCUT2D eigenvalue weighted by atomic mass is 10.1. The van der Waals surface area contributed by atoms with Gasteiger partial charge < -0.3 is 15.7 Å². The number of nitrogens with one attached hydrogen (secondary N) is 2. The number of benzene rings is 2. The SMILES string of the molecule is [C-]#[N+]c1ccc(NC(=O)[C@](C)(O)CNc2ccc(N=C=S)cc2)cc1C(F)(F)F. The largest absolute Gasteiger partial charge is 0.407 e. The summed E-state index contributed by atoms with van der Waals surface area (Å²) < 4.78 is 39.1. The van der Waals surface area contributed by atoms with Gasteiger partial charge in [-0.05, 0) is 55.5 Å². The quantitative estimate of drug-likeness (QED) is 0.357. The molecule has 10 heteroatoms. The third kappa shape index (κ3) is 5.86. The van der Waals surface area contributed by atoms with Crippen LogP contribution >= 0.6 is 12.2 Å². The molecule has 0 unspecified atom stereocenters. The molecule has 0 bridgehead atoms. The predicted molar refractivity (Wildman–Crippen MR) is 107 cm³/mol. The second-order valence-electron chi connectivity index (χ2n) is 6.17. The maximum Gasteiger partial charge on any atom is 0.407 e. The van der Waals surface area contributed by atoms with E-state index in [-0.39, 0.29) is 12.2 Å². The highest BCUT2D eigenvalue weighted by atomic mass is 32.1. The van der Waals surface area contributed by atoms with Gasteiger partial charge in [-0.1, -0.05) is 6.07 Å². The number of anilines is 2. The number of hydrogen-bond acceptors (Lipinski definition) is 5. The minimum Gasteiger partial charge on any atom is -0.382 e. The summed E-state index contributed by atoms with van der Waals surface area (Å²) in [6.45, 7) is 7.84. The van der Waals surface area contributed by atoms with Gasteiger partial charge in [0.15, 0.2) is 11.3 Å². The van der Waals surface area contributed by atoms with Crippen LogP contribution in [0.5, 0.6) is 0 Å². The molecular weight excluding hydrogens is 405 g/mol. The Morgan fingerprint density at radius 3 is 2.41 bits per heavy atom. The Morgan fingerprint density at radius 1 is 1.24 bits per heavy atom. The molecule has 1 amide bonds. The number of amides is 1. The Morgan fingerprint density at radius 2 is 1.86 bits per heavy atom. The molecule has 0 aliphatic rings. The summed E-state index contributed by atoms with van der Waals surface area (Å²) in [5.41, 5.74) is -2.69. The van der Waals surface area contributed by atoms with Gasteiger partial charge in [-0.3, -0.25) is 4.79 Å². The van der Waals surface area contributed by atoms with Gasteiger partial charge in [0.2, 0.25) is 0 Å². The van der Waals surface area contributed by atoms with Crippen LogP contribution in [0.1, 0.15) is 12.5 Å². The van der Waals surface area contributed by atoms with Gasteiger partial charge in [-0.15, -0.1) is 0 Å². The van der Waals surface area contributed by atoms with E-state index < -0.39 is 28.9 Å². The number of halogens is 3. The predicted octanol–water partition coefficient (Wildman–Crippen LogP) is 4.79. The molecule has 0 radical (unpaired) electrons. The van der Waals surface area contributed by atoms with Crippen LogP contribution in [-0.2, 0) is 11.0 Å². The number of aliphatic imine (C=N–C) groups is 1. The van der Waals surface area contributed by atoms with E-state index in [4.69, 9.17) is 6.57 Å². The Labute approximate surface area is 169 Å². The number of isothiocyanates is 1. The lowest BCUT2D eigenvalue weighted by Gasteiger charge is -2.23. The topological polar surface area (TPSA) is 78.1 Å². The smallest absolute Gasteiger partial charge is 0.382 e. The zero-order valence-corrected chi connectivity index (χ0v) is 15.9. The highest BCUT2D eigenvalue weighted by Crippen LogP contribution is 2.38. The van der Waals surface area contributed by atoms with Crippen molar-refractivity contribution in [2.75, 3.05) is 17.2 Å². The van der Waals surface area contributed by atoms with Crippen LogP contribution in [0.2, 0.25) is 0 Å². The first-order chi connectivity index (χ1) is 13.6. The second kappa shape index (κ2) is 8.84. The highest BCUT2D eigenvalue weighted by Gasteiger charge is 2.35. The first kappa shape index (κ1) is 22.0. The molecule has 2 aromatic carbocycles. The fourth-order valence-electron chi connectivity index (χ4n) is 2.27. The van der Waals surface area contributed by atoms with E-state index in [9.17, 15) is 23.1 Å². The Balaban J connectivity index is 2.09. The molecule has 29 heavy (non-hydrogen) atoms. The number of carbonyl (C=O) groups is 1. The molecule has 0 aliphatic carbocycles. The van der Waals surface area contributed by atoms with Crippen molar-refractivity contribution in [2.45, 2.75) is 18.7 Å². The first-order valence-corrected chi connectivity index (χ1v) is 8.52. The maximum atomic E-state index is 13.0. The molecule has 150 valence electrons. The zero-order chi connectivity index (χ0) is 21.7. The van der Waals surface area contributed by atoms with Crippen LogP contribution < -0.4 is 10.6 Å². The average Bonchev–Trinajstić information content (AvgIpc) is 2.67. The molecule has 0 fully saturated rings. The van der Waals surface area contributed by atoms with E-state index in [1.165, 1.54) is 13.0 Å². The first-order valence-electron chi connectivity index (χ1n) is 8.11. The van der Waals surface area contributed by atoms with Crippen LogP contribution in [0, 0.1) is 6.57 Å². The van der Waals surface area contributed by atoms with E-state index in [2.05, 4.69) is 37.9 Å². The minimum absolute atomic E-state index is 0.183. The van der Waals surface area contributed by atoms with Crippen molar-refractivity contribution in [2.24, 2.45) is 4.99 Å². The number of alkyl halides is 3. The summed E-state index contributed by atoms with van der Waals surface area (Å²) in [5.74, 6) is -0.907. The van der Waals surface area contributed by atoms with Crippen molar-refractivity contribution >= 4 is 46.0 Å². The van der Waals surface area contributed by atoms with E-state index in [1.54, 1.807) is 24.3 Å². The number of carbonyl (C=O) groups excluding carboxylic acids is 1. The summed E-state index contributed by atoms with van der Waals surface area (Å²) >= 11 is 4.50. The van der Waals surface area contributed by atoms with Gasteiger partial charge in [-0.25, -0.2) is 4.85 Å². The molecular formula is C19H15F3N4O2S. The molecule has 0 saturated heterocycles. The number of aliphatic hydroxyl groups is 1. The summed E-state index contributed by atoms with van der Waals surface area (Å²) in [4.78, 5) is 19.0. The molecule has 0 aromatic heterocycles. The van der Waals surface area contributed by atoms with E-state index in [0.717, 1.165) is 6.07 Å². The van der Waals surface area contributed by atoms with Gasteiger partial charge in [0, 0.05) is 11.4 Å². The minimum atomic E-state index is -4.75. The van der Waals surface area contributed by atoms with Gasteiger partial charge in [0.25, 0.3) is 5.91 Å². The van der Waals surface area contributed by atoms with Crippen molar-refractivity contribution in [3.63, 3.8) is 0 Å². The molecule has 2 rings (SSSR count). The van der Waals surface area contributed by atoms with Crippen molar-refractivity contribution in [1.82, 2.24) is 0 Å². The molecule has 1 atom stereocenters. The lowest BCUT2D eigenvalue weighted by molar-refractivity contribution is -0.137. The number of nitrogens with zero attached hydrogens (tertiary/aromatic N) is 2. The monoisotopic (exact) mass is 420 g/mol. The summed E-state index contributed by atoms with van der Waals surface area (Å²) in [7, 11) is 0. The van der Waals surface area contributed by atoms with Crippen LogP contribution in [0.25, 0.3) is 4.85 Å². The van der Waals surface area contributed by atoms with Crippen molar-refractivity contribution in [1.29, 1.82) is 0 Å². The molecule has 0 spiro atoms. The third-order valence-corrected chi connectivity index (χ3v) is 3.94. The summed E-state index contributed by atoms with van der Waals surface area (Å²) in [6, 6.07) is 9.38. The van der Waals surface area contributed by atoms with Gasteiger partial charge in [0.05, 0.1) is 29.5 Å². The van der Waals surface area contributed by atoms with Crippen LogP contribution in [-0.4, -0.2) is 28.3 Å². The van der Waals surface area contributed by atoms with Gasteiger partial charge in [-0.2, -0.15) is 18.2 Å². The van der Waals surface area contributed by atoms with E-state index in [0.29, 0.717) is 17.4 Å². The molecule has 0 aliphatic heterocycles. The van der Waals surface area contributed by atoms with Crippen molar-refractivity contribution < 1.29 is 23.1 Å². The van der Waals surface area contributed by atoms with Gasteiger partial charge >= 0.3 is 6.18 Å². The third-order valence-electron chi connectivity index (χ3n) is 3.85. The zero-order valence-electron chi connectivity index (χ0n) is 15.0. The standard InChI is InChI=1S/C19H15F3N4O2S/c1-18(28,10-24-12-3-5-13(6-4-12)25-11-29)17(27)26-14-7-8-16(23-2)15(9-14)19(20,21)22/h3-9,24,28H,10H2,1H3,(H,26,27)/t18-/m1/s1. The fraction of sp³-hybridized carbons (Fsp3) is 0.211. The van der Waals surface area contributed by atoms with Crippen LogP contribution in [0.15, 0.2) is 47.5 Å². The molecule has 2 aromatic rings. The van der Waals surface area contributed by atoms with E-state index in [1.807, 2.05) is 0 Å². The van der Waals surface area contributed by atoms with Crippen molar-refractivity contribution in [3.8, 4) is 0 Å². The van der Waals surface area contributed by atoms with Crippen LogP contribution in [0.3, 0.4) is 0 Å². The maximum absolute atomic E-state index is 13.0. The normalized spacial score (nSPS) is 12.8. The second-order valence-corrected chi connectivity index (χ2v) is 6.36. The summed E-state index contributed by atoms with van der Waals surface area (Å²) in [5, 5.41) is 17.7. The van der Waals surface area contributed by atoms with E-state index >= 15 is 0 Å². The fourth-order valence-corrected chi connectivity index (χ4v) is 2.37. The molecule has 0 saturated carbocycles. The molecule has 3 N–H and O–H groups in total. The lowest BCUT2D eigenvalue weighted by Crippen LogP contribution is -2.45. The Hall–Kier alpha value is -3.25. The number of hydrogen-bond donors (Lipinski definition) is 3. The Bertz CT molecular complexity index is 992.